The molecule has 7 nitrogen and oxygen atoms in total. The number of aliphatic hydroxyl groups is 1. The molecule has 0 spiro atoms. The van der Waals surface area contributed by atoms with Gasteiger partial charge in [0.25, 0.3) is 5.24 Å². The van der Waals surface area contributed by atoms with Crippen LogP contribution in [0.3, 0.4) is 0 Å². The van der Waals surface area contributed by atoms with Gasteiger partial charge in [-0.3, -0.25) is 19.8 Å². The molecule has 32 heavy (non-hydrogen) atoms. The molecule has 2 amide bonds. The highest BCUT2D eigenvalue weighted by Crippen LogP contribution is 2.24. The maximum atomic E-state index is 11.7. The van der Waals surface area contributed by atoms with Crippen molar-refractivity contribution in [3.05, 3.63) is 59.1 Å². The van der Waals surface area contributed by atoms with Crippen molar-refractivity contribution in [2.24, 2.45) is 0 Å². The Balaban J connectivity index is 1.39. The normalized spacial score (nSPS) is 17.8. The summed E-state index contributed by atoms with van der Waals surface area (Å²) in [5, 5.41) is 12.5. The Morgan fingerprint density at radius 1 is 1.12 bits per heavy atom. The van der Waals surface area contributed by atoms with Gasteiger partial charge in [0.15, 0.2) is 0 Å². The van der Waals surface area contributed by atoms with Gasteiger partial charge in [-0.1, -0.05) is 41.6 Å². The van der Waals surface area contributed by atoms with E-state index in [2.05, 4.69) is 5.32 Å². The summed E-state index contributed by atoms with van der Waals surface area (Å²) in [5.41, 5.74) is 0.965. The van der Waals surface area contributed by atoms with E-state index in [4.69, 9.17) is 21.1 Å². The summed E-state index contributed by atoms with van der Waals surface area (Å²) < 4.78 is 11.5. The zero-order valence-corrected chi connectivity index (χ0v) is 19.6. The lowest BCUT2D eigenvalue weighted by molar-refractivity contribution is -0.118. The van der Waals surface area contributed by atoms with E-state index < -0.39 is 6.10 Å². The number of nitrogens with zero attached hydrogens (tertiary/aromatic N) is 1. The molecule has 1 heterocycles. The van der Waals surface area contributed by atoms with Crippen LogP contribution in [0.2, 0.25) is 5.02 Å². The van der Waals surface area contributed by atoms with Crippen LogP contribution in [-0.2, 0) is 11.2 Å². The third-order valence-corrected chi connectivity index (χ3v) is 6.31. The molecule has 1 aliphatic rings. The Morgan fingerprint density at radius 3 is 2.50 bits per heavy atom. The van der Waals surface area contributed by atoms with E-state index in [1.165, 1.54) is 0 Å². The Labute approximate surface area is 197 Å². The smallest absolute Gasteiger partial charge is 0.286 e. The van der Waals surface area contributed by atoms with Crippen LogP contribution in [0.5, 0.6) is 11.5 Å². The number of likely N-dealkylation sites (N-methyl/N-ethyl adjacent to an activating group) is 1. The fourth-order valence-electron chi connectivity index (χ4n) is 3.12. The highest BCUT2D eigenvalue weighted by Gasteiger charge is 2.31. The maximum absolute atomic E-state index is 11.7. The Hall–Kier alpha value is -2.26. The van der Waals surface area contributed by atoms with Gasteiger partial charge < -0.3 is 14.6 Å². The monoisotopic (exact) mass is 478 g/mol. The average molecular weight is 479 g/mol. The first-order valence-electron chi connectivity index (χ1n) is 10.3. The van der Waals surface area contributed by atoms with Crippen molar-refractivity contribution in [3.63, 3.8) is 0 Å². The molecule has 2 aromatic rings. The Bertz CT molecular complexity index is 927. The molecular formula is C23H27ClN2O5S. The molecule has 2 N–H and O–H groups in total. The van der Waals surface area contributed by atoms with Crippen molar-refractivity contribution >= 4 is 34.5 Å². The Kier molecular flexibility index (Phi) is 8.81. The quantitative estimate of drug-likeness (QED) is 0.512. The SMILES string of the molecule is CC(COc1ccc(CC2SC(=O)NC2=O)cc1)N(C)CC(O)COc1cccc(Cl)c1. The van der Waals surface area contributed by atoms with Crippen LogP contribution < -0.4 is 14.8 Å². The molecule has 0 radical (unpaired) electrons. The van der Waals surface area contributed by atoms with Crippen LogP contribution in [-0.4, -0.2) is 65.4 Å². The lowest BCUT2D eigenvalue weighted by Crippen LogP contribution is -2.41. The number of carbonyl (C=O) groups is 2. The molecule has 0 aliphatic carbocycles. The molecular weight excluding hydrogens is 452 g/mol. The molecule has 3 atom stereocenters. The van der Waals surface area contributed by atoms with Gasteiger partial charge in [0.2, 0.25) is 5.91 Å². The number of nitrogens with one attached hydrogen (secondary N) is 1. The average Bonchev–Trinajstić information content (AvgIpc) is 3.08. The van der Waals surface area contributed by atoms with Gasteiger partial charge in [-0.15, -0.1) is 0 Å². The number of aliphatic hydroxyl groups excluding tert-OH is 1. The number of rotatable bonds is 11. The molecule has 3 unspecified atom stereocenters. The summed E-state index contributed by atoms with van der Waals surface area (Å²) in [6, 6.07) is 14.7. The van der Waals surface area contributed by atoms with Crippen molar-refractivity contribution in [1.82, 2.24) is 10.2 Å². The molecule has 172 valence electrons. The number of amides is 2. The summed E-state index contributed by atoms with van der Waals surface area (Å²) in [4.78, 5) is 25.0. The van der Waals surface area contributed by atoms with Gasteiger partial charge in [0, 0.05) is 17.6 Å². The maximum Gasteiger partial charge on any atom is 0.286 e. The third kappa shape index (κ3) is 7.41. The highest BCUT2D eigenvalue weighted by molar-refractivity contribution is 8.15. The fourth-order valence-corrected chi connectivity index (χ4v) is 4.16. The minimum atomic E-state index is -0.654. The Morgan fingerprint density at radius 2 is 1.84 bits per heavy atom. The number of benzene rings is 2. The number of thioether (sulfide) groups is 1. The van der Waals surface area contributed by atoms with Crippen molar-refractivity contribution in [2.75, 3.05) is 26.8 Å². The molecule has 1 aliphatic heterocycles. The van der Waals surface area contributed by atoms with E-state index in [1.54, 1.807) is 24.3 Å². The van der Waals surface area contributed by atoms with E-state index in [0.29, 0.717) is 30.3 Å². The third-order valence-electron chi connectivity index (χ3n) is 5.09. The fraction of sp³-hybridized carbons (Fsp3) is 0.391. The number of hydrogen-bond acceptors (Lipinski definition) is 7. The van der Waals surface area contributed by atoms with Gasteiger partial charge in [-0.25, -0.2) is 0 Å². The van der Waals surface area contributed by atoms with Crippen LogP contribution in [0.15, 0.2) is 48.5 Å². The minimum Gasteiger partial charge on any atom is -0.492 e. The lowest BCUT2D eigenvalue weighted by atomic mass is 10.1. The van der Waals surface area contributed by atoms with Crippen LogP contribution in [0.4, 0.5) is 4.79 Å². The van der Waals surface area contributed by atoms with Crippen molar-refractivity contribution in [2.45, 2.75) is 30.7 Å². The second-order valence-electron chi connectivity index (χ2n) is 7.75. The molecule has 2 aromatic carbocycles. The van der Waals surface area contributed by atoms with E-state index in [-0.39, 0.29) is 29.0 Å². The van der Waals surface area contributed by atoms with Crippen molar-refractivity contribution in [1.29, 1.82) is 0 Å². The number of carbonyl (C=O) groups excluding carboxylic acids is 2. The van der Waals surface area contributed by atoms with Gasteiger partial charge in [-0.2, -0.15) is 0 Å². The molecule has 3 rings (SSSR count). The zero-order valence-electron chi connectivity index (χ0n) is 18.0. The van der Waals surface area contributed by atoms with Crippen LogP contribution in [0.1, 0.15) is 12.5 Å². The van der Waals surface area contributed by atoms with Gasteiger partial charge in [-0.05, 0) is 56.3 Å². The van der Waals surface area contributed by atoms with Crippen molar-refractivity contribution in [3.8, 4) is 11.5 Å². The molecule has 0 bridgehead atoms. The topological polar surface area (TPSA) is 88.1 Å². The first-order valence-corrected chi connectivity index (χ1v) is 11.6. The van der Waals surface area contributed by atoms with E-state index >= 15 is 0 Å². The highest BCUT2D eigenvalue weighted by atomic mass is 35.5. The molecule has 0 saturated carbocycles. The van der Waals surface area contributed by atoms with Gasteiger partial charge >= 0.3 is 0 Å². The number of hydrogen-bond donors (Lipinski definition) is 2. The second-order valence-corrected chi connectivity index (χ2v) is 9.37. The summed E-state index contributed by atoms with van der Waals surface area (Å²) in [6.07, 6.45) is -0.158. The molecule has 1 saturated heterocycles. The first-order chi connectivity index (χ1) is 15.3. The van der Waals surface area contributed by atoms with Crippen LogP contribution in [0.25, 0.3) is 0 Å². The number of halogens is 1. The summed E-state index contributed by atoms with van der Waals surface area (Å²) >= 11 is 6.96. The van der Waals surface area contributed by atoms with E-state index in [0.717, 1.165) is 23.1 Å². The van der Waals surface area contributed by atoms with Crippen molar-refractivity contribution < 1.29 is 24.2 Å². The summed E-state index contributed by atoms with van der Waals surface area (Å²) in [5.74, 6) is 1.11. The largest absolute Gasteiger partial charge is 0.492 e. The summed E-state index contributed by atoms with van der Waals surface area (Å²) in [6.45, 7) is 3.07. The predicted octanol–water partition coefficient (Wildman–Crippen LogP) is 3.37. The van der Waals surface area contributed by atoms with Gasteiger partial charge in [0.05, 0.1) is 5.25 Å². The first kappa shape index (κ1) is 24.4. The molecule has 1 fully saturated rings. The van der Waals surface area contributed by atoms with E-state index in [9.17, 15) is 14.7 Å². The summed E-state index contributed by atoms with van der Waals surface area (Å²) in [7, 11) is 1.92. The van der Waals surface area contributed by atoms with Gasteiger partial charge in [0.1, 0.15) is 30.8 Å². The van der Waals surface area contributed by atoms with E-state index in [1.807, 2.05) is 43.1 Å². The standard InChI is InChI=1S/C23H27ClN2O5S/c1-15(26(2)12-18(27)14-31-20-5-3-4-17(24)11-20)13-30-19-8-6-16(7-9-19)10-21-22(28)25-23(29)32-21/h3-9,11,15,18,21,27H,10,12-14H2,1-2H3,(H,25,28,29). The van der Waals surface area contributed by atoms with Crippen LogP contribution >= 0.6 is 23.4 Å². The number of ether oxygens (including phenoxy) is 2. The predicted molar refractivity (Wildman–Crippen MR) is 126 cm³/mol. The second kappa shape index (κ2) is 11.6. The van der Waals surface area contributed by atoms with Crippen LogP contribution in [0, 0.1) is 0 Å². The lowest BCUT2D eigenvalue weighted by Gasteiger charge is -2.27. The molecule has 9 heteroatoms. The molecule has 0 aromatic heterocycles. The number of imide groups is 1. The minimum absolute atomic E-state index is 0.0695. The zero-order chi connectivity index (χ0) is 23.1.